The van der Waals surface area contributed by atoms with Crippen molar-refractivity contribution >= 4 is 17.3 Å². The van der Waals surface area contributed by atoms with Crippen LogP contribution < -0.4 is 10.2 Å². The standard InChI is InChI=1S/C15H25ClN2O/c1-4-17-12(3)14-8-7-13(11-15(14)16)18(5-2)9-6-10-19/h7-8,11-12,17,19H,4-6,9-10H2,1-3H3. The molecule has 1 rings (SSSR count). The van der Waals surface area contributed by atoms with E-state index in [9.17, 15) is 0 Å². The summed E-state index contributed by atoms with van der Waals surface area (Å²) in [5.41, 5.74) is 2.25. The molecule has 0 heterocycles. The first kappa shape index (κ1) is 16.3. The van der Waals surface area contributed by atoms with Gasteiger partial charge in [-0.25, -0.2) is 0 Å². The Hall–Kier alpha value is -0.770. The van der Waals surface area contributed by atoms with E-state index in [1.54, 1.807) is 0 Å². The Balaban J connectivity index is 2.85. The van der Waals surface area contributed by atoms with E-state index in [4.69, 9.17) is 16.7 Å². The summed E-state index contributed by atoms with van der Waals surface area (Å²) in [5, 5.41) is 13.1. The van der Waals surface area contributed by atoms with E-state index in [1.807, 2.05) is 6.07 Å². The predicted octanol–water partition coefficient (Wildman–Crippen LogP) is 3.22. The van der Waals surface area contributed by atoms with Gasteiger partial charge < -0.3 is 15.3 Å². The third-order valence-electron chi connectivity index (χ3n) is 3.29. The molecule has 1 aromatic carbocycles. The van der Waals surface area contributed by atoms with Gasteiger partial charge in [-0.1, -0.05) is 24.6 Å². The SMILES string of the molecule is CCNC(C)c1ccc(N(CC)CCCO)cc1Cl. The molecule has 0 aliphatic carbocycles. The summed E-state index contributed by atoms with van der Waals surface area (Å²) < 4.78 is 0. The van der Waals surface area contributed by atoms with Crippen molar-refractivity contribution < 1.29 is 5.11 Å². The molecule has 19 heavy (non-hydrogen) atoms. The van der Waals surface area contributed by atoms with Crippen molar-refractivity contribution in [3.63, 3.8) is 0 Å². The van der Waals surface area contributed by atoms with Crippen molar-refractivity contribution in [3.05, 3.63) is 28.8 Å². The van der Waals surface area contributed by atoms with Gasteiger partial charge in [0.05, 0.1) is 0 Å². The van der Waals surface area contributed by atoms with Crippen LogP contribution in [0.2, 0.25) is 5.02 Å². The molecule has 0 fully saturated rings. The lowest BCUT2D eigenvalue weighted by Gasteiger charge is -2.24. The first-order valence-corrected chi connectivity index (χ1v) is 7.40. The van der Waals surface area contributed by atoms with Crippen LogP contribution in [0.25, 0.3) is 0 Å². The molecule has 3 nitrogen and oxygen atoms in total. The molecule has 0 saturated carbocycles. The van der Waals surface area contributed by atoms with E-state index < -0.39 is 0 Å². The average molecular weight is 285 g/mol. The Labute approximate surface area is 121 Å². The van der Waals surface area contributed by atoms with E-state index in [-0.39, 0.29) is 12.6 Å². The number of nitrogens with zero attached hydrogens (tertiary/aromatic N) is 1. The number of nitrogens with one attached hydrogen (secondary N) is 1. The van der Waals surface area contributed by atoms with Gasteiger partial charge in [0, 0.05) is 36.4 Å². The number of halogens is 1. The number of anilines is 1. The fraction of sp³-hybridized carbons (Fsp3) is 0.600. The number of aliphatic hydroxyl groups is 1. The molecular formula is C15H25ClN2O. The quantitative estimate of drug-likeness (QED) is 0.769. The highest BCUT2D eigenvalue weighted by atomic mass is 35.5. The lowest BCUT2D eigenvalue weighted by atomic mass is 10.1. The molecule has 0 aliphatic rings. The van der Waals surface area contributed by atoms with Crippen LogP contribution in [-0.2, 0) is 0 Å². The third kappa shape index (κ3) is 4.68. The Bertz CT molecular complexity index is 384. The van der Waals surface area contributed by atoms with Gasteiger partial charge in [0.15, 0.2) is 0 Å². The lowest BCUT2D eigenvalue weighted by molar-refractivity contribution is 0.289. The van der Waals surface area contributed by atoms with Gasteiger partial charge in [0.2, 0.25) is 0 Å². The van der Waals surface area contributed by atoms with Gasteiger partial charge in [-0.3, -0.25) is 0 Å². The third-order valence-corrected chi connectivity index (χ3v) is 3.62. The Morgan fingerprint density at radius 3 is 2.63 bits per heavy atom. The van der Waals surface area contributed by atoms with Crippen molar-refractivity contribution in [2.75, 3.05) is 31.1 Å². The van der Waals surface area contributed by atoms with E-state index in [0.717, 1.165) is 42.3 Å². The first-order chi connectivity index (χ1) is 9.13. The zero-order valence-electron chi connectivity index (χ0n) is 12.1. The summed E-state index contributed by atoms with van der Waals surface area (Å²) in [6.07, 6.45) is 0.779. The highest BCUT2D eigenvalue weighted by Gasteiger charge is 2.11. The molecule has 4 heteroatoms. The monoisotopic (exact) mass is 284 g/mol. The minimum Gasteiger partial charge on any atom is -0.396 e. The molecule has 1 atom stereocenters. The van der Waals surface area contributed by atoms with E-state index >= 15 is 0 Å². The van der Waals surface area contributed by atoms with Gasteiger partial charge >= 0.3 is 0 Å². The molecule has 108 valence electrons. The number of aliphatic hydroxyl groups excluding tert-OH is 1. The van der Waals surface area contributed by atoms with Crippen molar-refractivity contribution in [3.8, 4) is 0 Å². The van der Waals surface area contributed by atoms with Gasteiger partial charge in [0.1, 0.15) is 0 Å². The molecule has 2 N–H and O–H groups in total. The molecule has 0 radical (unpaired) electrons. The fourth-order valence-corrected chi connectivity index (χ4v) is 2.55. The summed E-state index contributed by atoms with van der Waals surface area (Å²) in [6.45, 7) is 9.24. The summed E-state index contributed by atoms with van der Waals surface area (Å²) >= 11 is 6.38. The fourth-order valence-electron chi connectivity index (χ4n) is 2.21. The van der Waals surface area contributed by atoms with Gasteiger partial charge in [-0.15, -0.1) is 0 Å². The summed E-state index contributed by atoms with van der Waals surface area (Å²) in [5.74, 6) is 0. The van der Waals surface area contributed by atoms with Crippen LogP contribution in [-0.4, -0.2) is 31.3 Å². The van der Waals surface area contributed by atoms with Crippen LogP contribution in [0.15, 0.2) is 18.2 Å². The maximum atomic E-state index is 8.93. The molecule has 0 amide bonds. The normalized spacial score (nSPS) is 12.5. The molecule has 0 bridgehead atoms. The van der Waals surface area contributed by atoms with Crippen molar-refractivity contribution in [1.82, 2.24) is 5.32 Å². The van der Waals surface area contributed by atoms with Crippen molar-refractivity contribution in [2.24, 2.45) is 0 Å². The summed E-state index contributed by atoms with van der Waals surface area (Å²) in [6, 6.07) is 6.48. The van der Waals surface area contributed by atoms with Crippen LogP contribution in [0.1, 0.15) is 38.8 Å². The minimum absolute atomic E-state index is 0.222. The van der Waals surface area contributed by atoms with Crippen molar-refractivity contribution in [2.45, 2.75) is 33.2 Å². The second-order valence-electron chi connectivity index (χ2n) is 4.64. The van der Waals surface area contributed by atoms with Crippen LogP contribution in [0.5, 0.6) is 0 Å². The van der Waals surface area contributed by atoms with Crippen molar-refractivity contribution in [1.29, 1.82) is 0 Å². The number of rotatable bonds is 8. The topological polar surface area (TPSA) is 35.5 Å². The Morgan fingerprint density at radius 1 is 1.37 bits per heavy atom. The van der Waals surface area contributed by atoms with Gasteiger partial charge in [0.25, 0.3) is 0 Å². The van der Waals surface area contributed by atoms with Gasteiger partial charge in [-0.05, 0) is 44.5 Å². The predicted molar refractivity (Wildman–Crippen MR) is 83.1 cm³/mol. The summed E-state index contributed by atoms with van der Waals surface area (Å²) in [4.78, 5) is 2.23. The molecule has 1 unspecified atom stereocenters. The number of hydrogen-bond donors (Lipinski definition) is 2. The molecule has 0 aromatic heterocycles. The number of hydrogen-bond acceptors (Lipinski definition) is 3. The Morgan fingerprint density at radius 2 is 2.11 bits per heavy atom. The van der Waals surface area contributed by atoms with Crippen LogP contribution in [0.3, 0.4) is 0 Å². The maximum absolute atomic E-state index is 8.93. The van der Waals surface area contributed by atoms with Crippen LogP contribution >= 0.6 is 11.6 Å². The van der Waals surface area contributed by atoms with E-state index in [0.29, 0.717) is 0 Å². The second-order valence-corrected chi connectivity index (χ2v) is 5.05. The highest BCUT2D eigenvalue weighted by molar-refractivity contribution is 6.31. The average Bonchev–Trinajstić information content (AvgIpc) is 2.40. The highest BCUT2D eigenvalue weighted by Crippen LogP contribution is 2.28. The largest absolute Gasteiger partial charge is 0.396 e. The van der Waals surface area contributed by atoms with Crippen LogP contribution in [0, 0.1) is 0 Å². The van der Waals surface area contributed by atoms with Gasteiger partial charge in [-0.2, -0.15) is 0 Å². The molecule has 1 aromatic rings. The zero-order valence-corrected chi connectivity index (χ0v) is 12.9. The molecular weight excluding hydrogens is 260 g/mol. The summed E-state index contributed by atoms with van der Waals surface area (Å²) in [7, 11) is 0. The number of benzene rings is 1. The van der Waals surface area contributed by atoms with E-state index in [1.165, 1.54) is 0 Å². The second kappa shape index (κ2) is 8.41. The lowest BCUT2D eigenvalue weighted by Crippen LogP contribution is -2.25. The minimum atomic E-state index is 0.222. The molecule has 0 spiro atoms. The zero-order chi connectivity index (χ0) is 14.3. The van der Waals surface area contributed by atoms with Crippen LogP contribution in [0.4, 0.5) is 5.69 Å². The first-order valence-electron chi connectivity index (χ1n) is 7.02. The smallest absolute Gasteiger partial charge is 0.0474 e. The molecule has 0 saturated heterocycles. The van der Waals surface area contributed by atoms with E-state index in [2.05, 4.69) is 43.1 Å². The maximum Gasteiger partial charge on any atom is 0.0474 e. The molecule has 0 aliphatic heterocycles. The Kier molecular flexibility index (Phi) is 7.21.